The van der Waals surface area contributed by atoms with Gasteiger partial charge < -0.3 is 15.0 Å². The number of hydrogen-bond acceptors (Lipinski definition) is 3. The van der Waals surface area contributed by atoms with Crippen LogP contribution in [-0.4, -0.2) is 63.7 Å². The Morgan fingerprint density at radius 2 is 1.50 bits per heavy atom. The first-order chi connectivity index (χ1) is 8.05. The first kappa shape index (κ1) is 17.5. The lowest BCUT2D eigenvalue weighted by atomic mass is 10.3. The maximum Gasteiger partial charge on any atom is 0.423 e. The summed E-state index contributed by atoms with van der Waals surface area (Å²) in [6.07, 6.45) is -14.6. The molecule has 110 valence electrons. The lowest BCUT2D eigenvalue weighted by Gasteiger charge is -2.23. The zero-order valence-electron chi connectivity index (χ0n) is 10.0. The lowest BCUT2D eigenvalue weighted by molar-refractivity contribution is -0.321. The average Bonchev–Trinajstić information content (AvgIpc) is 2.11. The van der Waals surface area contributed by atoms with Crippen molar-refractivity contribution in [3.8, 4) is 0 Å². The molecule has 0 amide bonds. The summed E-state index contributed by atoms with van der Waals surface area (Å²) in [7, 11) is 3.59. The first-order valence-electron chi connectivity index (χ1n) is 5.15. The minimum absolute atomic E-state index is 0.0729. The van der Waals surface area contributed by atoms with E-state index < -0.39 is 25.1 Å². The van der Waals surface area contributed by atoms with E-state index in [4.69, 9.17) is 0 Å². The zero-order valence-corrected chi connectivity index (χ0v) is 10.0. The highest BCUT2D eigenvalue weighted by Gasteiger charge is 2.57. The third kappa shape index (κ3) is 7.72. The predicted octanol–water partition coefficient (Wildman–Crippen LogP) is 1.65. The molecule has 0 atom stereocenters. The summed E-state index contributed by atoms with van der Waals surface area (Å²) in [5, 5.41) is 2.67. The summed E-state index contributed by atoms with van der Waals surface area (Å²) in [6.45, 7) is 0.356. The molecule has 0 saturated heterocycles. The van der Waals surface area contributed by atoms with Gasteiger partial charge in [0.25, 0.3) is 0 Å². The van der Waals surface area contributed by atoms with Gasteiger partial charge in [0.05, 0.1) is 6.61 Å². The van der Waals surface area contributed by atoms with Gasteiger partial charge in [-0.2, -0.15) is 26.3 Å². The van der Waals surface area contributed by atoms with Crippen molar-refractivity contribution < 1.29 is 31.1 Å². The van der Waals surface area contributed by atoms with Gasteiger partial charge in [0.2, 0.25) is 6.10 Å². The highest BCUT2D eigenvalue weighted by atomic mass is 19.4. The number of halogens is 6. The molecule has 0 saturated carbocycles. The van der Waals surface area contributed by atoms with Gasteiger partial charge in [-0.25, -0.2) is 0 Å². The van der Waals surface area contributed by atoms with Crippen LogP contribution in [0.5, 0.6) is 0 Å². The summed E-state index contributed by atoms with van der Waals surface area (Å²) in [5.41, 5.74) is 0. The number of likely N-dealkylation sites (N-methyl/N-ethyl adjacent to an activating group) is 1. The first-order valence-corrected chi connectivity index (χ1v) is 5.15. The number of ether oxygens (including phenoxy) is 1. The monoisotopic (exact) mass is 282 g/mol. The molecular weight excluding hydrogens is 266 g/mol. The van der Waals surface area contributed by atoms with Crippen LogP contribution < -0.4 is 5.32 Å². The quantitative estimate of drug-likeness (QED) is 0.567. The van der Waals surface area contributed by atoms with Gasteiger partial charge in [-0.05, 0) is 14.1 Å². The summed E-state index contributed by atoms with van der Waals surface area (Å²) in [6, 6.07) is 0. The summed E-state index contributed by atoms with van der Waals surface area (Å²) >= 11 is 0. The van der Waals surface area contributed by atoms with E-state index >= 15 is 0 Å². The molecule has 3 nitrogen and oxygen atoms in total. The van der Waals surface area contributed by atoms with Gasteiger partial charge in [0.15, 0.2) is 0 Å². The SMILES string of the molecule is CN(C)CCNCCOC(C(F)(F)F)C(F)(F)F. The minimum Gasteiger partial charge on any atom is -0.360 e. The molecule has 1 N–H and O–H groups in total. The van der Waals surface area contributed by atoms with E-state index in [1.807, 2.05) is 4.90 Å². The van der Waals surface area contributed by atoms with Crippen LogP contribution in [0.3, 0.4) is 0 Å². The number of hydrogen-bond donors (Lipinski definition) is 1. The van der Waals surface area contributed by atoms with Crippen molar-refractivity contribution in [2.24, 2.45) is 0 Å². The van der Waals surface area contributed by atoms with E-state index in [1.165, 1.54) is 0 Å². The Morgan fingerprint density at radius 3 is 1.89 bits per heavy atom. The third-order valence-corrected chi connectivity index (χ3v) is 1.89. The molecule has 0 fully saturated rings. The summed E-state index contributed by atoms with van der Waals surface area (Å²) in [4.78, 5) is 1.82. The van der Waals surface area contributed by atoms with Gasteiger partial charge in [0.1, 0.15) is 0 Å². The maximum atomic E-state index is 12.0. The van der Waals surface area contributed by atoms with Crippen molar-refractivity contribution >= 4 is 0 Å². The molecule has 0 aromatic rings. The predicted molar refractivity (Wildman–Crippen MR) is 53.3 cm³/mol. The Hall–Kier alpha value is -0.540. The van der Waals surface area contributed by atoms with E-state index in [1.54, 1.807) is 14.1 Å². The smallest absolute Gasteiger partial charge is 0.360 e. The van der Waals surface area contributed by atoms with Gasteiger partial charge in [-0.1, -0.05) is 0 Å². The topological polar surface area (TPSA) is 24.5 Å². The maximum absolute atomic E-state index is 12.0. The van der Waals surface area contributed by atoms with Crippen molar-refractivity contribution in [1.82, 2.24) is 10.2 Å². The van der Waals surface area contributed by atoms with E-state index in [2.05, 4.69) is 10.1 Å². The molecule has 18 heavy (non-hydrogen) atoms. The number of alkyl halides is 6. The molecule has 0 aromatic carbocycles. The Balaban J connectivity index is 3.93. The minimum atomic E-state index is -5.44. The lowest BCUT2D eigenvalue weighted by Crippen LogP contribution is -2.45. The second kappa shape index (κ2) is 7.15. The summed E-state index contributed by atoms with van der Waals surface area (Å²) < 4.78 is 76.0. The van der Waals surface area contributed by atoms with E-state index in [0.29, 0.717) is 13.1 Å². The van der Waals surface area contributed by atoms with Crippen LogP contribution in [0.1, 0.15) is 0 Å². The molecule has 0 aliphatic rings. The largest absolute Gasteiger partial charge is 0.423 e. The molecular formula is C9H16F6N2O. The molecule has 9 heteroatoms. The van der Waals surface area contributed by atoms with Gasteiger partial charge >= 0.3 is 12.4 Å². The van der Waals surface area contributed by atoms with Crippen LogP contribution in [-0.2, 0) is 4.74 Å². The number of nitrogens with one attached hydrogen (secondary N) is 1. The number of rotatable bonds is 7. The van der Waals surface area contributed by atoms with E-state index in [0.717, 1.165) is 0 Å². The van der Waals surface area contributed by atoms with Crippen LogP contribution in [0, 0.1) is 0 Å². The highest BCUT2D eigenvalue weighted by Crippen LogP contribution is 2.35. The third-order valence-electron chi connectivity index (χ3n) is 1.89. The molecule has 0 aromatic heterocycles. The zero-order chi connectivity index (χ0) is 14.4. The average molecular weight is 282 g/mol. The van der Waals surface area contributed by atoms with Crippen molar-refractivity contribution in [3.63, 3.8) is 0 Å². The molecule has 0 unspecified atom stereocenters. The van der Waals surface area contributed by atoms with Crippen molar-refractivity contribution in [1.29, 1.82) is 0 Å². The Morgan fingerprint density at radius 1 is 1.00 bits per heavy atom. The fraction of sp³-hybridized carbons (Fsp3) is 1.00. The molecule has 0 bridgehead atoms. The molecule has 0 spiro atoms. The molecule has 0 aliphatic heterocycles. The van der Waals surface area contributed by atoms with Gasteiger partial charge in [-0.15, -0.1) is 0 Å². The second-order valence-corrected chi connectivity index (χ2v) is 3.89. The second-order valence-electron chi connectivity index (χ2n) is 3.89. The fourth-order valence-corrected chi connectivity index (χ4v) is 1.05. The Labute approximate surface area is 101 Å². The van der Waals surface area contributed by atoms with E-state index in [9.17, 15) is 26.3 Å². The fourth-order valence-electron chi connectivity index (χ4n) is 1.05. The van der Waals surface area contributed by atoms with Crippen LogP contribution in [0.4, 0.5) is 26.3 Å². The van der Waals surface area contributed by atoms with Crippen molar-refractivity contribution in [2.75, 3.05) is 40.3 Å². The van der Waals surface area contributed by atoms with Gasteiger partial charge in [0, 0.05) is 19.6 Å². The Kier molecular flexibility index (Phi) is 6.93. The molecule has 0 radical (unpaired) electrons. The highest BCUT2D eigenvalue weighted by molar-refractivity contribution is 4.76. The van der Waals surface area contributed by atoms with Crippen LogP contribution in [0.2, 0.25) is 0 Å². The standard InChI is InChI=1S/C9H16F6N2O/c1-17(2)5-3-16-4-6-18-7(8(10,11)12)9(13,14)15/h7,16H,3-6H2,1-2H3. The van der Waals surface area contributed by atoms with Crippen molar-refractivity contribution in [3.05, 3.63) is 0 Å². The Bertz CT molecular complexity index is 214. The van der Waals surface area contributed by atoms with E-state index in [-0.39, 0.29) is 6.54 Å². The normalized spacial score (nSPS) is 13.7. The number of nitrogens with zero attached hydrogens (tertiary/aromatic N) is 1. The molecule has 0 heterocycles. The van der Waals surface area contributed by atoms with Crippen LogP contribution >= 0.6 is 0 Å². The van der Waals surface area contributed by atoms with Crippen LogP contribution in [0.15, 0.2) is 0 Å². The van der Waals surface area contributed by atoms with Crippen molar-refractivity contribution in [2.45, 2.75) is 18.5 Å². The van der Waals surface area contributed by atoms with Gasteiger partial charge in [-0.3, -0.25) is 0 Å². The van der Waals surface area contributed by atoms with Crippen LogP contribution in [0.25, 0.3) is 0 Å². The molecule has 0 rings (SSSR count). The summed E-state index contributed by atoms with van der Waals surface area (Å²) in [5.74, 6) is 0. The molecule has 0 aliphatic carbocycles.